The van der Waals surface area contributed by atoms with Gasteiger partial charge in [-0.15, -0.1) is 0 Å². The van der Waals surface area contributed by atoms with E-state index in [-0.39, 0.29) is 35.6 Å². The lowest BCUT2D eigenvalue weighted by Crippen LogP contribution is -2.48. The molecule has 0 spiro atoms. The Kier molecular flexibility index (Phi) is 7.61. The maximum Gasteiger partial charge on any atom is 0.416 e. The molecule has 37 heavy (non-hydrogen) atoms. The average Bonchev–Trinajstić information content (AvgIpc) is 3.25. The predicted octanol–water partition coefficient (Wildman–Crippen LogP) is 5.06. The number of nitrogens with zero attached hydrogens (tertiary/aromatic N) is 4. The van der Waals surface area contributed by atoms with Crippen molar-refractivity contribution in [2.24, 2.45) is 17.0 Å². The van der Waals surface area contributed by atoms with Crippen molar-refractivity contribution in [2.75, 3.05) is 12.3 Å². The molecule has 0 aromatic heterocycles. The fraction of sp³-hybridized carbons (Fsp3) is 0.440. The lowest BCUT2D eigenvalue weighted by atomic mass is 9.82. The van der Waals surface area contributed by atoms with Crippen LogP contribution in [0.2, 0.25) is 0 Å². The number of rotatable bonds is 7. The fourth-order valence-electron chi connectivity index (χ4n) is 5.32. The van der Waals surface area contributed by atoms with Gasteiger partial charge in [0.15, 0.2) is 15.6 Å². The van der Waals surface area contributed by atoms with Crippen LogP contribution in [0.3, 0.4) is 0 Å². The smallest absolute Gasteiger partial charge is 0.339 e. The van der Waals surface area contributed by atoms with Crippen molar-refractivity contribution in [1.29, 1.82) is 0 Å². The van der Waals surface area contributed by atoms with Crippen LogP contribution in [0.15, 0.2) is 64.6 Å². The monoisotopic (exact) mass is 534 g/mol. The molecular weight excluding hydrogens is 509 g/mol. The molecule has 0 radical (unpaired) electrons. The molecule has 2 fully saturated rings. The number of carbonyl (C=O) groups is 2. The third-order valence-corrected chi connectivity index (χ3v) is 8.95. The summed E-state index contributed by atoms with van der Waals surface area (Å²) in [6, 6.07) is 11.0. The highest BCUT2D eigenvalue weighted by Gasteiger charge is 2.45. The SMILES string of the molecule is [N-]=[N+]=N[C@H]1CC[C@H](N2CC[C@H](C(=O)c3cccc(C(F)(F)F)c3)C2=O)[C@@H](CS(=O)(=O)c2ccccc2)C1. The molecule has 196 valence electrons. The second-order valence-electron chi connectivity index (χ2n) is 9.41. The molecule has 2 aliphatic rings. The summed E-state index contributed by atoms with van der Waals surface area (Å²) in [7, 11) is -3.72. The summed E-state index contributed by atoms with van der Waals surface area (Å²) in [6.07, 6.45) is -3.40. The van der Waals surface area contributed by atoms with Gasteiger partial charge in [-0.1, -0.05) is 35.4 Å². The molecule has 0 unspecified atom stereocenters. The van der Waals surface area contributed by atoms with Crippen LogP contribution in [0.25, 0.3) is 10.4 Å². The Hall–Kier alpha value is -3.37. The fourth-order valence-corrected chi connectivity index (χ4v) is 7.01. The van der Waals surface area contributed by atoms with Gasteiger partial charge in [0.1, 0.15) is 5.92 Å². The first-order valence-electron chi connectivity index (χ1n) is 11.8. The highest BCUT2D eigenvalue weighted by molar-refractivity contribution is 7.91. The lowest BCUT2D eigenvalue weighted by Gasteiger charge is -2.40. The van der Waals surface area contributed by atoms with Gasteiger partial charge in [-0.05, 0) is 61.4 Å². The van der Waals surface area contributed by atoms with E-state index in [0.717, 1.165) is 18.2 Å². The Morgan fingerprint density at radius 2 is 1.81 bits per heavy atom. The molecule has 8 nitrogen and oxygen atoms in total. The first kappa shape index (κ1) is 26.7. The number of azide groups is 1. The Labute approximate surface area is 212 Å². The zero-order valence-corrected chi connectivity index (χ0v) is 20.5. The van der Waals surface area contributed by atoms with Crippen molar-refractivity contribution in [3.63, 3.8) is 0 Å². The highest BCUT2D eigenvalue weighted by Crippen LogP contribution is 2.37. The minimum absolute atomic E-state index is 0.127. The lowest BCUT2D eigenvalue weighted by molar-refractivity contribution is -0.137. The van der Waals surface area contributed by atoms with Crippen molar-refractivity contribution in [1.82, 2.24) is 4.90 Å². The Morgan fingerprint density at radius 3 is 2.49 bits per heavy atom. The second-order valence-corrected chi connectivity index (χ2v) is 11.4. The van der Waals surface area contributed by atoms with Crippen LogP contribution in [0.5, 0.6) is 0 Å². The molecule has 4 atom stereocenters. The molecule has 12 heteroatoms. The summed E-state index contributed by atoms with van der Waals surface area (Å²) in [6.45, 7) is 0.187. The van der Waals surface area contributed by atoms with Crippen LogP contribution in [0.1, 0.15) is 41.6 Å². The van der Waals surface area contributed by atoms with Gasteiger partial charge in [-0.25, -0.2) is 8.42 Å². The van der Waals surface area contributed by atoms with E-state index in [0.29, 0.717) is 12.8 Å². The minimum Gasteiger partial charge on any atom is -0.339 e. The number of alkyl halides is 3. The van der Waals surface area contributed by atoms with Crippen LogP contribution < -0.4 is 0 Å². The van der Waals surface area contributed by atoms with Gasteiger partial charge in [-0.2, -0.15) is 13.2 Å². The van der Waals surface area contributed by atoms with Gasteiger partial charge in [0.05, 0.1) is 16.2 Å². The molecule has 1 saturated heterocycles. The number of carbonyl (C=O) groups excluding carboxylic acids is 2. The van der Waals surface area contributed by atoms with Gasteiger partial charge >= 0.3 is 6.18 Å². The van der Waals surface area contributed by atoms with E-state index in [9.17, 15) is 31.2 Å². The number of hydrogen-bond donors (Lipinski definition) is 0. The van der Waals surface area contributed by atoms with Crippen LogP contribution in [-0.4, -0.2) is 49.4 Å². The minimum atomic E-state index is -4.62. The standard InChI is InChI=1S/C25H25F3N4O4S/c26-25(27,28)18-6-4-5-16(13-18)23(33)21-11-12-32(24(21)34)22-10-9-19(30-31-29)14-17(22)15-37(35,36)20-7-2-1-3-8-20/h1-8,13,17,19,21-22H,9-12,14-15H2/t17-,19+,21-,22+/m1/s1. The normalized spacial score (nSPS) is 24.5. The van der Waals surface area contributed by atoms with Gasteiger partial charge in [-0.3, -0.25) is 9.59 Å². The summed E-state index contributed by atoms with van der Waals surface area (Å²) in [4.78, 5) is 30.9. The van der Waals surface area contributed by atoms with Crippen molar-refractivity contribution in [3.8, 4) is 0 Å². The van der Waals surface area contributed by atoms with Crippen LogP contribution >= 0.6 is 0 Å². The average molecular weight is 535 g/mol. The van der Waals surface area contributed by atoms with Crippen molar-refractivity contribution in [3.05, 3.63) is 76.2 Å². The molecule has 4 rings (SSSR count). The number of benzene rings is 2. The van der Waals surface area contributed by atoms with E-state index in [4.69, 9.17) is 5.53 Å². The molecule has 1 heterocycles. The number of amides is 1. The predicted molar refractivity (Wildman–Crippen MR) is 128 cm³/mol. The van der Waals surface area contributed by atoms with Crippen LogP contribution in [0, 0.1) is 11.8 Å². The van der Waals surface area contributed by atoms with E-state index in [1.54, 1.807) is 18.2 Å². The Balaban J connectivity index is 1.56. The third-order valence-electron chi connectivity index (χ3n) is 7.10. The van der Waals surface area contributed by atoms with Gasteiger partial charge in [0, 0.05) is 29.1 Å². The highest BCUT2D eigenvalue weighted by atomic mass is 32.2. The summed E-state index contributed by atoms with van der Waals surface area (Å²) in [5, 5.41) is 3.76. The van der Waals surface area contributed by atoms with E-state index < -0.39 is 57.2 Å². The van der Waals surface area contributed by atoms with Crippen LogP contribution in [0.4, 0.5) is 13.2 Å². The third kappa shape index (κ3) is 5.80. The van der Waals surface area contributed by atoms with Gasteiger partial charge < -0.3 is 4.90 Å². The van der Waals surface area contributed by atoms with Crippen molar-refractivity contribution >= 4 is 21.5 Å². The zero-order valence-electron chi connectivity index (χ0n) is 19.7. The molecule has 1 aliphatic carbocycles. The number of sulfone groups is 1. The molecule has 0 N–H and O–H groups in total. The largest absolute Gasteiger partial charge is 0.416 e. The first-order valence-corrected chi connectivity index (χ1v) is 13.5. The molecule has 2 aromatic rings. The van der Waals surface area contributed by atoms with Gasteiger partial charge in [0.2, 0.25) is 5.91 Å². The summed E-state index contributed by atoms with van der Waals surface area (Å²) in [5.74, 6) is -3.15. The topological polar surface area (TPSA) is 120 Å². The van der Waals surface area contributed by atoms with Gasteiger partial charge in [0.25, 0.3) is 0 Å². The van der Waals surface area contributed by atoms with E-state index in [1.165, 1.54) is 23.1 Å². The molecule has 1 amide bonds. The van der Waals surface area contributed by atoms with Crippen LogP contribution in [-0.2, 0) is 20.8 Å². The second kappa shape index (κ2) is 10.5. The first-order chi connectivity index (χ1) is 17.5. The van der Waals surface area contributed by atoms with E-state index in [1.807, 2.05) is 0 Å². The summed E-state index contributed by atoms with van der Waals surface area (Å²) in [5.41, 5.74) is 7.72. The summed E-state index contributed by atoms with van der Waals surface area (Å²) < 4.78 is 65.6. The molecule has 1 aliphatic heterocycles. The number of halogens is 3. The summed E-state index contributed by atoms with van der Waals surface area (Å²) >= 11 is 0. The Morgan fingerprint density at radius 1 is 1.08 bits per heavy atom. The number of hydrogen-bond acceptors (Lipinski definition) is 5. The van der Waals surface area contributed by atoms with Crippen molar-refractivity contribution < 1.29 is 31.2 Å². The molecule has 2 aromatic carbocycles. The quantitative estimate of drug-likeness (QED) is 0.162. The maximum atomic E-state index is 13.3. The molecule has 0 bridgehead atoms. The van der Waals surface area contributed by atoms with E-state index in [2.05, 4.69) is 10.0 Å². The molecule has 1 saturated carbocycles. The zero-order chi connectivity index (χ0) is 26.8. The molecular formula is C25H25F3N4O4S. The number of ketones is 1. The number of likely N-dealkylation sites (tertiary alicyclic amines) is 1. The maximum absolute atomic E-state index is 13.3. The Bertz CT molecular complexity index is 1330. The van der Waals surface area contributed by atoms with Crippen molar-refractivity contribution in [2.45, 2.75) is 48.8 Å². The van der Waals surface area contributed by atoms with E-state index >= 15 is 0 Å². The number of Topliss-reactive ketones (excluding diaryl/α,β-unsaturated/α-hetero) is 1.